The monoisotopic (exact) mass is 268 g/mol. The van der Waals surface area contributed by atoms with E-state index >= 15 is 0 Å². The lowest BCUT2D eigenvalue weighted by atomic mass is 10.1. The van der Waals surface area contributed by atoms with Gasteiger partial charge in [-0.05, 0) is 37.9 Å². The molecule has 0 heterocycles. The lowest BCUT2D eigenvalue weighted by Crippen LogP contribution is -2.21. The first-order chi connectivity index (χ1) is 8.63. The van der Waals surface area contributed by atoms with E-state index in [2.05, 4.69) is 10.0 Å². The average Bonchev–Trinajstić information content (AvgIpc) is 2.90. The molecule has 4 nitrogen and oxygen atoms in total. The van der Waals surface area contributed by atoms with Crippen LogP contribution in [0.2, 0.25) is 0 Å². The van der Waals surface area contributed by atoms with Crippen LogP contribution in [0.4, 0.5) is 5.69 Å². The zero-order valence-electron chi connectivity index (χ0n) is 10.6. The van der Waals surface area contributed by atoms with Gasteiger partial charge in [-0.2, -0.15) is 0 Å². The molecular formula is C13H20N2O2S. The Bertz CT molecular complexity index is 493. The topological polar surface area (TPSA) is 58.2 Å². The molecule has 0 bridgehead atoms. The normalized spacial score (nSPS) is 16.9. The van der Waals surface area contributed by atoms with Gasteiger partial charge in [-0.25, -0.2) is 13.1 Å². The molecule has 1 aromatic carbocycles. The van der Waals surface area contributed by atoms with Crippen molar-refractivity contribution in [2.45, 2.75) is 30.6 Å². The minimum absolute atomic E-state index is 0.325. The van der Waals surface area contributed by atoms with E-state index in [0.29, 0.717) is 16.5 Å². The molecule has 1 aliphatic carbocycles. The van der Waals surface area contributed by atoms with Crippen molar-refractivity contribution >= 4 is 15.7 Å². The number of hydrogen-bond acceptors (Lipinski definition) is 3. The Morgan fingerprint density at radius 1 is 1.22 bits per heavy atom. The molecule has 1 aliphatic rings. The van der Waals surface area contributed by atoms with Gasteiger partial charge in [0, 0.05) is 6.54 Å². The molecule has 0 unspecified atom stereocenters. The second-order valence-electron chi connectivity index (χ2n) is 4.74. The maximum atomic E-state index is 11.9. The molecule has 1 saturated carbocycles. The Hall–Kier alpha value is -1.07. The summed E-state index contributed by atoms with van der Waals surface area (Å²) in [6, 6.07) is 7.04. The zero-order chi connectivity index (χ0) is 13.0. The van der Waals surface area contributed by atoms with E-state index < -0.39 is 10.0 Å². The highest BCUT2D eigenvalue weighted by Gasteiger charge is 2.18. The van der Waals surface area contributed by atoms with Crippen LogP contribution in [0.5, 0.6) is 0 Å². The average molecular weight is 268 g/mol. The van der Waals surface area contributed by atoms with E-state index in [4.69, 9.17) is 0 Å². The van der Waals surface area contributed by atoms with Gasteiger partial charge in [0.05, 0.1) is 5.69 Å². The maximum absolute atomic E-state index is 11.9. The molecule has 5 heteroatoms. The van der Waals surface area contributed by atoms with E-state index in [1.165, 1.54) is 32.7 Å². The Kier molecular flexibility index (Phi) is 4.24. The number of anilines is 1. The summed E-state index contributed by atoms with van der Waals surface area (Å²) in [7, 11) is -1.95. The SMILES string of the molecule is CNS(=O)(=O)c1ccccc1NCC1CCCC1. The molecule has 0 atom stereocenters. The Labute approximate surface area is 109 Å². The van der Waals surface area contributed by atoms with E-state index in [1.54, 1.807) is 12.1 Å². The summed E-state index contributed by atoms with van der Waals surface area (Å²) in [4.78, 5) is 0.325. The lowest BCUT2D eigenvalue weighted by molar-refractivity contribution is 0.577. The van der Waals surface area contributed by atoms with Crippen LogP contribution in [0, 0.1) is 5.92 Å². The van der Waals surface area contributed by atoms with Crippen molar-refractivity contribution in [3.63, 3.8) is 0 Å². The number of hydrogen-bond donors (Lipinski definition) is 2. The number of benzene rings is 1. The van der Waals surface area contributed by atoms with Crippen LogP contribution in [0.3, 0.4) is 0 Å². The molecule has 1 fully saturated rings. The summed E-state index contributed by atoms with van der Waals surface area (Å²) in [6.07, 6.45) is 5.08. The van der Waals surface area contributed by atoms with E-state index in [-0.39, 0.29) is 0 Å². The number of rotatable bonds is 5. The molecule has 18 heavy (non-hydrogen) atoms. The standard InChI is InChI=1S/C13H20N2O2S/c1-14-18(16,17)13-9-5-4-8-12(13)15-10-11-6-2-3-7-11/h4-5,8-9,11,14-15H,2-3,6-7,10H2,1H3. The van der Waals surface area contributed by atoms with Gasteiger partial charge in [0.2, 0.25) is 10.0 Å². The van der Waals surface area contributed by atoms with Gasteiger partial charge in [-0.3, -0.25) is 0 Å². The van der Waals surface area contributed by atoms with E-state index in [9.17, 15) is 8.42 Å². The molecule has 0 radical (unpaired) electrons. The highest BCUT2D eigenvalue weighted by atomic mass is 32.2. The van der Waals surface area contributed by atoms with Gasteiger partial charge < -0.3 is 5.32 Å². The molecule has 0 saturated heterocycles. The van der Waals surface area contributed by atoms with Crippen molar-refractivity contribution in [1.82, 2.24) is 4.72 Å². The van der Waals surface area contributed by atoms with Crippen molar-refractivity contribution in [3.8, 4) is 0 Å². The first kappa shape index (κ1) is 13.4. The molecule has 1 aromatic rings. The maximum Gasteiger partial charge on any atom is 0.242 e. The first-order valence-electron chi connectivity index (χ1n) is 6.40. The minimum Gasteiger partial charge on any atom is -0.384 e. The van der Waals surface area contributed by atoms with Gasteiger partial charge in [-0.1, -0.05) is 25.0 Å². The van der Waals surface area contributed by atoms with E-state index in [0.717, 1.165) is 6.54 Å². The number of sulfonamides is 1. The Morgan fingerprint density at radius 3 is 2.56 bits per heavy atom. The summed E-state index contributed by atoms with van der Waals surface area (Å²) in [5, 5.41) is 3.28. The zero-order valence-corrected chi connectivity index (χ0v) is 11.5. The third kappa shape index (κ3) is 3.03. The summed E-state index contributed by atoms with van der Waals surface area (Å²) in [5.41, 5.74) is 0.693. The summed E-state index contributed by atoms with van der Waals surface area (Å²) >= 11 is 0. The summed E-state index contributed by atoms with van der Waals surface area (Å²) in [6.45, 7) is 0.857. The van der Waals surface area contributed by atoms with Crippen molar-refractivity contribution in [2.24, 2.45) is 5.92 Å². The van der Waals surface area contributed by atoms with Crippen molar-refractivity contribution in [3.05, 3.63) is 24.3 Å². The first-order valence-corrected chi connectivity index (χ1v) is 7.88. The van der Waals surface area contributed by atoms with Gasteiger partial charge >= 0.3 is 0 Å². The Morgan fingerprint density at radius 2 is 1.89 bits per heavy atom. The molecule has 0 spiro atoms. The summed E-state index contributed by atoms with van der Waals surface area (Å²) in [5.74, 6) is 0.676. The minimum atomic E-state index is -3.39. The molecule has 0 aromatic heterocycles. The quantitative estimate of drug-likeness (QED) is 0.860. The van der Waals surface area contributed by atoms with Crippen molar-refractivity contribution in [1.29, 1.82) is 0 Å². The molecular weight excluding hydrogens is 248 g/mol. The third-order valence-electron chi connectivity index (χ3n) is 3.50. The second kappa shape index (κ2) is 5.71. The van der Waals surface area contributed by atoms with Crippen molar-refractivity contribution < 1.29 is 8.42 Å². The molecule has 100 valence electrons. The van der Waals surface area contributed by atoms with Crippen LogP contribution in [0.1, 0.15) is 25.7 Å². The fourth-order valence-corrected chi connectivity index (χ4v) is 3.33. The van der Waals surface area contributed by atoms with Crippen LogP contribution in [-0.4, -0.2) is 22.0 Å². The van der Waals surface area contributed by atoms with Crippen LogP contribution < -0.4 is 10.0 Å². The lowest BCUT2D eigenvalue weighted by Gasteiger charge is -2.15. The predicted octanol–water partition coefficient (Wildman–Crippen LogP) is 2.20. The molecule has 2 N–H and O–H groups in total. The fourth-order valence-electron chi connectivity index (χ4n) is 2.43. The van der Waals surface area contributed by atoms with Gasteiger partial charge in [0.25, 0.3) is 0 Å². The number of nitrogens with one attached hydrogen (secondary N) is 2. The largest absolute Gasteiger partial charge is 0.384 e. The van der Waals surface area contributed by atoms with Crippen LogP contribution in [0.15, 0.2) is 29.2 Å². The third-order valence-corrected chi connectivity index (χ3v) is 4.97. The van der Waals surface area contributed by atoms with Crippen LogP contribution in [0.25, 0.3) is 0 Å². The van der Waals surface area contributed by atoms with Crippen LogP contribution >= 0.6 is 0 Å². The molecule has 0 amide bonds. The van der Waals surface area contributed by atoms with Crippen molar-refractivity contribution in [2.75, 3.05) is 18.9 Å². The Balaban J connectivity index is 2.12. The van der Waals surface area contributed by atoms with Gasteiger partial charge in [0.1, 0.15) is 4.90 Å². The van der Waals surface area contributed by atoms with Crippen LogP contribution in [-0.2, 0) is 10.0 Å². The fraction of sp³-hybridized carbons (Fsp3) is 0.538. The smallest absolute Gasteiger partial charge is 0.242 e. The van der Waals surface area contributed by atoms with E-state index in [1.807, 2.05) is 12.1 Å². The molecule has 0 aliphatic heterocycles. The highest BCUT2D eigenvalue weighted by molar-refractivity contribution is 7.89. The number of para-hydroxylation sites is 1. The molecule has 2 rings (SSSR count). The predicted molar refractivity (Wildman–Crippen MR) is 73.1 cm³/mol. The van der Waals surface area contributed by atoms with Gasteiger partial charge in [0.15, 0.2) is 0 Å². The second-order valence-corrected chi connectivity index (χ2v) is 6.59. The summed E-state index contributed by atoms with van der Waals surface area (Å²) < 4.78 is 26.1. The highest BCUT2D eigenvalue weighted by Crippen LogP contribution is 2.26. The van der Waals surface area contributed by atoms with Gasteiger partial charge in [-0.15, -0.1) is 0 Å².